The Hall–Kier alpha value is -2.03. The molecule has 0 aliphatic carbocycles. The summed E-state index contributed by atoms with van der Waals surface area (Å²) in [6.07, 6.45) is 5.65. The zero-order valence-electron chi connectivity index (χ0n) is 9.69. The van der Waals surface area contributed by atoms with E-state index in [2.05, 4.69) is 26.2 Å². The number of anilines is 2. The monoisotopic (exact) mass is 221 g/mol. The molecule has 1 N–H and O–H groups in total. The van der Waals surface area contributed by atoms with Crippen molar-refractivity contribution in [3.8, 4) is 18.4 Å². The van der Waals surface area contributed by atoms with Crippen molar-refractivity contribution in [3.05, 3.63) is 0 Å². The molecule has 6 heteroatoms. The molecule has 1 aromatic heterocycles. The molecule has 0 amide bonds. The Bertz CT molecular complexity index is 385. The van der Waals surface area contributed by atoms with Gasteiger partial charge in [0.2, 0.25) is 11.9 Å². The molecule has 1 rings (SSSR count). The molecule has 0 fully saturated rings. The lowest BCUT2D eigenvalue weighted by Crippen LogP contribution is -2.15. The van der Waals surface area contributed by atoms with Crippen molar-refractivity contribution >= 4 is 11.9 Å². The predicted molar refractivity (Wildman–Crippen MR) is 62.6 cm³/mol. The Morgan fingerprint density at radius 1 is 1.38 bits per heavy atom. The molecule has 1 heterocycles. The summed E-state index contributed by atoms with van der Waals surface area (Å²) in [5.41, 5.74) is 0. The van der Waals surface area contributed by atoms with Gasteiger partial charge in [-0.25, -0.2) is 0 Å². The average molecular weight is 221 g/mol. The van der Waals surface area contributed by atoms with Gasteiger partial charge in [-0.05, 0) is 0 Å². The van der Waals surface area contributed by atoms with Gasteiger partial charge in [-0.2, -0.15) is 15.0 Å². The third kappa shape index (κ3) is 3.28. The Morgan fingerprint density at radius 3 is 2.69 bits per heavy atom. The van der Waals surface area contributed by atoms with Crippen LogP contribution in [-0.4, -0.2) is 42.7 Å². The van der Waals surface area contributed by atoms with E-state index in [1.807, 2.05) is 14.1 Å². The normalized spacial score (nSPS) is 9.38. The largest absolute Gasteiger partial charge is 0.462 e. The second kappa shape index (κ2) is 5.75. The van der Waals surface area contributed by atoms with Crippen LogP contribution >= 0.6 is 0 Å². The molecule has 1 aromatic rings. The number of aromatic nitrogens is 3. The Morgan fingerprint density at radius 2 is 2.12 bits per heavy atom. The molecule has 16 heavy (non-hydrogen) atoms. The number of nitrogens with one attached hydrogen (secondary N) is 1. The molecule has 0 saturated heterocycles. The minimum Gasteiger partial charge on any atom is -0.462 e. The van der Waals surface area contributed by atoms with Crippen molar-refractivity contribution in [2.75, 3.05) is 38.0 Å². The van der Waals surface area contributed by atoms with Crippen LogP contribution in [0.2, 0.25) is 0 Å². The number of hydrogen-bond donors (Lipinski definition) is 1. The van der Waals surface area contributed by atoms with E-state index in [0.717, 1.165) is 0 Å². The maximum atomic E-state index is 5.31. The quantitative estimate of drug-likeness (QED) is 0.573. The van der Waals surface area contributed by atoms with Crippen LogP contribution in [0.15, 0.2) is 0 Å². The molecule has 86 valence electrons. The van der Waals surface area contributed by atoms with Crippen LogP contribution < -0.4 is 15.0 Å². The smallest absolute Gasteiger partial charge is 0.323 e. The molecular formula is C10H15N5O. The summed E-state index contributed by atoms with van der Waals surface area (Å²) >= 11 is 0. The molecular weight excluding hydrogens is 206 g/mol. The van der Waals surface area contributed by atoms with Gasteiger partial charge in [0.05, 0.1) is 0 Å². The maximum Gasteiger partial charge on any atom is 0.323 e. The predicted octanol–water partition coefficient (Wildman–Crippen LogP) is 0.381. The van der Waals surface area contributed by atoms with Crippen molar-refractivity contribution in [1.29, 1.82) is 0 Å². The van der Waals surface area contributed by atoms with E-state index in [1.54, 1.807) is 11.9 Å². The molecule has 0 saturated carbocycles. The fourth-order valence-corrected chi connectivity index (χ4v) is 0.923. The zero-order chi connectivity index (χ0) is 12.0. The Kier molecular flexibility index (Phi) is 4.33. The second-order valence-electron chi connectivity index (χ2n) is 3.19. The van der Waals surface area contributed by atoms with Crippen LogP contribution in [0.1, 0.15) is 6.42 Å². The highest BCUT2D eigenvalue weighted by molar-refractivity contribution is 5.36. The van der Waals surface area contributed by atoms with Crippen molar-refractivity contribution in [1.82, 2.24) is 15.0 Å². The number of terminal acetylenes is 1. The molecule has 0 atom stereocenters. The van der Waals surface area contributed by atoms with Crippen LogP contribution in [0.4, 0.5) is 11.9 Å². The first-order valence-electron chi connectivity index (χ1n) is 4.84. The van der Waals surface area contributed by atoms with Crippen molar-refractivity contribution in [2.24, 2.45) is 0 Å². The SMILES string of the molecule is C#CCCOc1nc(NC)nc(N(C)C)n1. The number of rotatable bonds is 5. The van der Waals surface area contributed by atoms with E-state index >= 15 is 0 Å². The van der Waals surface area contributed by atoms with Gasteiger partial charge in [0, 0.05) is 27.6 Å². The summed E-state index contributed by atoms with van der Waals surface area (Å²) in [6.45, 7) is 0.399. The highest BCUT2D eigenvalue weighted by Gasteiger charge is 2.07. The summed E-state index contributed by atoms with van der Waals surface area (Å²) in [5, 5.41) is 2.84. The molecule has 0 radical (unpaired) electrons. The van der Waals surface area contributed by atoms with Gasteiger partial charge < -0.3 is 15.0 Å². The lowest BCUT2D eigenvalue weighted by molar-refractivity contribution is 0.300. The molecule has 0 spiro atoms. The van der Waals surface area contributed by atoms with Gasteiger partial charge >= 0.3 is 6.01 Å². The number of ether oxygens (including phenoxy) is 1. The van der Waals surface area contributed by atoms with E-state index in [4.69, 9.17) is 11.2 Å². The lowest BCUT2D eigenvalue weighted by Gasteiger charge is -2.12. The summed E-state index contributed by atoms with van der Waals surface area (Å²) in [7, 11) is 5.43. The number of hydrogen-bond acceptors (Lipinski definition) is 6. The van der Waals surface area contributed by atoms with Gasteiger partial charge in [-0.1, -0.05) is 0 Å². The highest BCUT2D eigenvalue weighted by Crippen LogP contribution is 2.12. The van der Waals surface area contributed by atoms with Crippen molar-refractivity contribution in [3.63, 3.8) is 0 Å². The molecule has 0 aliphatic rings. The standard InChI is InChI=1S/C10H15N5O/c1-5-6-7-16-10-13-8(11-2)12-9(14-10)15(3)4/h1H,6-7H2,2-4H3,(H,11,12,13,14). The third-order valence-corrected chi connectivity index (χ3v) is 1.70. The topological polar surface area (TPSA) is 63.2 Å². The first kappa shape index (κ1) is 12.0. The van der Waals surface area contributed by atoms with Crippen molar-refractivity contribution in [2.45, 2.75) is 6.42 Å². The summed E-state index contributed by atoms with van der Waals surface area (Å²) in [4.78, 5) is 14.1. The molecule has 0 bridgehead atoms. The van der Waals surface area contributed by atoms with E-state index in [-0.39, 0.29) is 6.01 Å². The molecule has 0 unspecified atom stereocenters. The minimum atomic E-state index is 0.276. The van der Waals surface area contributed by atoms with Crippen molar-refractivity contribution < 1.29 is 4.74 Å². The summed E-state index contributed by atoms with van der Waals surface area (Å²) in [5.74, 6) is 3.49. The minimum absolute atomic E-state index is 0.276. The van der Waals surface area contributed by atoms with E-state index in [1.165, 1.54) is 0 Å². The third-order valence-electron chi connectivity index (χ3n) is 1.70. The van der Waals surface area contributed by atoms with Gasteiger partial charge in [0.15, 0.2) is 0 Å². The Labute approximate surface area is 95.1 Å². The van der Waals surface area contributed by atoms with E-state index in [0.29, 0.717) is 24.9 Å². The van der Waals surface area contributed by atoms with Gasteiger partial charge in [0.1, 0.15) is 6.61 Å². The lowest BCUT2D eigenvalue weighted by atomic mass is 10.5. The molecule has 6 nitrogen and oxygen atoms in total. The second-order valence-corrected chi connectivity index (χ2v) is 3.19. The summed E-state index contributed by atoms with van der Waals surface area (Å²) < 4.78 is 5.31. The number of nitrogens with zero attached hydrogens (tertiary/aromatic N) is 4. The van der Waals surface area contributed by atoms with Gasteiger partial charge in [-0.15, -0.1) is 12.3 Å². The van der Waals surface area contributed by atoms with Crippen LogP contribution in [0.3, 0.4) is 0 Å². The fourth-order valence-electron chi connectivity index (χ4n) is 0.923. The van der Waals surface area contributed by atoms with Crippen LogP contribution in [0.25, 0.3) is 0 Å². The van der Waals surface area contributed by atoms with E-state index in [9.17, 15) is 0 Å². The highest BCUT2D eigenvalue weighted by atomic mass is 16.5. The van der Waals surface area contributed by atoms with Crippen LogP contribution in [0.5, 0.6) is 6.01 Å². The molecule has 0 aromatic carbocycles. The Balaban J connectivity index is 2.83. The van der Waals surface area contributed by atoms with Crippen LogP contribution in [0, 0.1) is 12.3 Å². The van der Waals surface area contributed by atoms with E-state index < -0.39 is 0 Å². The van der Waals surface area contributed by atoms with Gasteiger partial charge in [-0.3, -0.25) is 0 Å². The maximum absolute atomic E-state index is 5.31. The van der Waals surface area contributed by atoms with Gasteiger partial charge in [0.25, 0.3) is 0 Å². The summed E-state index contributed by atoms with van der Waals surface area (Å²) in [6, 6.07) is 0.276. The van der Waals surface area contributed by atoms with Crippen LogP contribution in [-0.2, 0) is 0 Å². The average Bonchev–Trinajstić information content (AvgIpc) is 2.29. The molecule has 0 aliphatic heterocycles. The first-order valence-corrected chi connectivity index (χ1v) is 4.84. The fraction of sp³-hybridized carbons (Fsp3) is 0.500. The zero-order valence-corrected chi connectivity index (χ0v) is 9.69. The first-order chi connectivity index (χ1) is 7.67.